The van der Waals surface area contributed by atoms with Gasteiger partial charge in [-0.25, -0.2) is 12.7 Å². The third-order valence-corrected chi connectivity index (χ3v) is 4.69. The van der Waals surface area contributed by atoms with Gasteiger partial charge in [0.1, 0.15) is 4.90 Å². The second-order valence-corrected chi connectivity index (χ2v) is 5.93. The van der Waals surface area contributed by atoms with Gasteiger partial charge in [-0.15, -0.1) is 0 Å². The summed E-state index contributed by atoms with van der Waals surface area (Å²) >= 11 is 3.18. The third-order valence-electron chi connectivity index (χ3n) is 2.14. The molecular formula is C8H13BrN4O2S. The molecule has 0 saturated heterocycles. The van der Waals surface area contributed by atoms with Crippen LogP contribution in [0.1, 0.15) is 6.92 Å². The van der Waals surface area contributed by atoms with Crippen molar-refractivity contribution in [2.75, 3.05) is 19.0 Å². The van der Waals surface area contributed by atoms with Gasteiger partial charge in [-0.3, -0.25) is 10.8 Å². The quantitative estimate of drug-likeness (QED) is 0.633. The van der Waals surface area contributed by atoms with E-state index in [0.717, 1.165) is 0 Å². The first-order valence-electron chi connectivity index (χ1n) is 4.51. The molecule has 6 nitrogen and oxygen atoms in total. The van der Waals surface area contributed by atoms with Gasteiger partial charge >= 0.3 is 0 Å². The molecule has 90 valence electrons. The van der Waals surface area contributed by atoms with Crippen molar-refractivity contribution >= 4 is 31.6 Å². The molecule has 3 N–H and O–H groups in total. The van der Waals surface area contributed by atoms with E-state index in [-0.39, 0.29) is 4.90 Å². The Balaban J connectivity index is 3.39. The summed E-state index contributed by atoms with van der Waals surface area (Å²) in [4.78, 5) is 3.88. The summed E-state index contributed by atoms with van der Waals surface area (Å²) in [6.07, 6.45) is 2.74. The molecule has 1 aromatic heterocycles. The minimum absolute atomic E-state index is 0.0497. The number of nitrogens with one attached hydrogen (secondary N) is 1. The van der Waals surface area contributed by atoms with Gasteiger partial charge < -0.3 is 5.43 Å². The summed E-state index contributed by atoms with van der Waals surface area (Å²) < 4.78 is 25.8. The number of nitrogens with two attached hydrogens (primary N) is 1. The van der Waals surface area contributed by atoms with Crippen LogP contribution in [0.4, 0.5) is 5.69 Å². The molecule has 0 saturated carbocycles. The molecule has 1 rings (SSSR count). The number of sulfonamides is 1. The zero-order valence-electron chi connectivity index (χ0n) is 8.94. The van der Waals surface area contributed by atoms with Crippen molar-refractivity contribution in [1.29, 1.82) is 0 Å². The molecule has 0 unspecified atom stereocenters. The fraction of sp³-hybridized carbons (Fsp3) is 0.375. The number of nitrogens with zero attached hydrogens (tertiary/aromatic N) is 2. The first-order valence-corrected chi connectivity index (χ1v) is 6.75. The second kappa shape index (κ2) is 5.09. The minimum atomic E-state index is -3.56. The van der Waals surface area contributed by atoms with E-state index in [1.54, 1.807) is 6.92 Å². The fourth-order valence-corrected chi connectivity index (χ4v) is 2.96. The fourth-order valence-electron chi connectivity index (χ4n) is 1.09. The second-order valence-electron chi connectivity index (χ2n) is 3.06. The highest BCUT2D eigenvalue weighted by Gasteiger charge is 2.24. The number of aromatic nitrogens is 1. The maximum Gasteiger partial charge on any atom is 0.246 e. The molecule has 16 heavy (non-hydrogen) atoms. The van der Waals surface area contributed by atoms with Gasteiger partial charge in [0.2, 0.25) is 10.0 Å². The van der Waals surface area contributed by atoms with E-state index in [9.17, 15) is 8.42 Å². The summed E-state index contributed by atoms with van der Waals surface area (Å²) in [6.45, 7) is 2.12. The number of anilines is 1. The van der Waals surface area contributed by atoms with Crippen LogP contribution in [0, 0.1) is 0 Å². The molecule has 0 bridgehead atoms. The number of nitrogen functional groups attached to an aromatic ring is 1. The lowest BCUT2D eigenvalue weighted by atomic mass is 10.4. The highest BCUT2D eigenvalue weighted by Crippen LogP contribution is 2.29. The molecule has 1 aromatic rings. The van der Waals surface area contributed by atoms with Crippen LogP contribution < -0.4 is 11.3 Å². The highest BCUT2D eigenvalue weighted by atomic mass is 79.9. The average molecular weight is 309 g/mol. The summed E-state index contributed by atoms with van der Waals surface area (Å²) in [5, 5.41) is 0. The van der Waals surface area contributed by atoms with E-state index >= 15 is 0 Å². The molecule has 0 aliphatic carbocycles. The van der Waals surface area contributed by atoms with Crippen molar-refractivity contribution in [2.24, 2.45) is 5.84 Å². The number of hydrogen-bond acceptors (Lipinski definition) is 5. The van der Waals surface area contributed by atoms with Crippen LogP contribution in [-0.4, -0.2) is 31.3 Å². The number of halogens is 1. The van der Waals surface area contributed by atoms with Crippen LogP contribution in [-0.2, 0) is 10.0 Å². The van der Waals surface area contributed by atoms with Gasteiger partial charge in [0, 0.05) is 26.0 Å². The van der Waals surface area contributed by atoms with Gasteiger partial charge in [0.15, 0.2) is 0 Å². The Morgan fingerprint density at radius 2 is 2.19 bits per heavy atom. The Morgan fingerprint density at radius 1 is 1.56 bits per heavy atom. The Morgan fingerprint density at radius 3 is 2.69 bits per heavy atom. The lowest BCUT2D eigenvalue weighted by Crippen LogP contribution is -2.28. The van der Waals surface area contributed by atoms with E-state index in [2.05, 4.69) is 26.3 Å². The van der Waals surface area contributed by atoms with Gasteiger partial charge in [-0.1, -0.05) is 6.92 Å². The Hall–Kier alpha value is -0.700. The van der Waals surface area contributed by atoms with Gasteiger partial charge in [-0.05, 0) is 15.9 Å². The molecule has 0 aliphatic rings. The largest absolute Gasteiger partial charge is 0.322 e. The average Bonchev–Trinajstić information content (AvgIpc) is 2.27. The SMILES string of the molecule is CCN(C)S(=O)(=O)c1cncc(Br)c1NN. The predicted molar refractivity (Wildman–Crippen MR) is 65.2 cm³/mol. The van der Waals surface area contributed by atoms with Crippen molar-refractivity contribution in [1.82, 2.24) is 9.29 Å². The molecule has 0 radical (unpaired) electrons. The van der Waals surface area contributed by atoms with Crippen LogP contribution in [0.25, 0.3) is 0 Å². The zero-order valence-corrected chi connectivity index (χ0v) is 11.3. The van der Waals surface area contributed by atoms with Crippen LogP contribution in [0.5, 0.6) is 0 Å². The van der Waals surface area contributed by atoms with E-state index in [4.69, 9.17) is 5.84 Å². The standard InChI is InChI=1S/C8H13BrN4O2S/c1-3-13(2)16(14,15)7-5-11-4-6(9)8(7)12-10/h4-5H,3,10H2,1-2H3,(H,11,12). The Bertz CT molecular complexity index is 477. The van der Waals surface area contributed by atoms with E-state index in [0.29, 0.717) is 16.7 Å². The number of rotatable bonds is 4. The summed E-state index contributed by atoms with van der Waals surface area (Å²) in [5.41, 5.74) is 2.66. The molecule has 0 aromatic carbocycles. The van der Waals surface area contributed by atoms with Crippen molar-refractivity contribution in [2.45, 2.75) is 11.8 Å². The number of hydrazine groups is 1. The highest BCUT2D eigenvalue weighted by molar-refractivity contribution is 9.10. The lowest BCUT2D eigenvalue weighted by Gasteiger charge is -2.17. The molecule has 0 atom stereocenters. The topological polar surface area (TPSA) is 88.3 Å². The summed E-state index contributed by atoms with van der Waals surface area (Å²) in [6, 6.07) is 0. The third kappa shape index (κ3) is 2.34. The van der Waals surface area contributed by atoms with Crippen LogP contribution in [0.15, 0.2) is 21.8 Å². The maximum atomic E-state index is 12.1. The molecule has 0 fully saturated rings. The first kappa shape index (κ1) is 13.4. The molecule has 0 aliphatic heterocycles. The van der Waals surface area contributed by atoms with Gasteiger partial charge in [-0.2, -0.15) is 0 Å². The van der Waals surface area contributed by atoms with Crippen molar-refractivity contribution in [3.8, 4) is 0 Å². The smallest absolute Gasteiger partial charge is 0.246 e. The maximum absolute atomic E-state index is 12.1. The monoisotopic (exact) mass is 308 g/mol. The van der Waals surface area contributed by atoms with Crippen molar-refractivity contribution in [3.63, 3.8) is 0 Å². The summed E-state index contributed by atoms with van der Waals surface area (Å²) in [7, 11) is -2.06. The van der Waals surface area contributed by atoms with Crippen LogP contribution in [0.2, 0.25) is 0 Å². The Labute approximate surface area is 103 Å². The number of pyridine rings is 1. The normalized spacial score (nSPS) is 11.8. The van der Waals surface area contributed by atoms with E-state index in [1.807, 2.05) is 0 Å². The first-order chi connectivity index (χ1) is 7.45. The van der Waals surface area contributed by atoms with Crippen molar-refractivity contribution in [3.05, 3.63) is 16.9 Å². The van der Waals surface area contributed by atoms with Crippen molar-refractivity contribution < 1.29 is 8.42 Å². The van der Waals surface area contributed by atoms with E-state index in [1.165, 1.54) is 23.7 Å². The summed E-state index contributed by atoms with van der Waals surface area (Å²) in [5.74, 6) is 5.30. The van der Waals surface area contributed by atoms with E-state index < -0.39 is 10.0 Å². The molecule has 0 amide bonds. The van der Waals surface area contributed by atoms with Crippen LogP contribution in [0.3, 0.4) is 0 Å². The lowest BCUT2D eigenvalue weighted by molar-refractivity contribution is 0.486. The molecule has 8 heteroatoms. The van der Waals surface area contributed by atoms with Crippen LogP contribution >= 0.6 is 15.9 Å². The van der Waals surface area contributed by atoms with Gasteiger partial charge in [0.05, 0.1) is 10.2 Å². The predicted octanol–water partition coefficient (Wildman–Crippen LogP) is 0.770. The molecule has 0 spiro atoms. The minimum Gasteiger partial charge on any atom is -0.322 e. The number of hydrogen-bond donors (Lipinski definition) is 2. The molecular weight excluding hydrogens is 296 g/mol. The Kier molecular flexibility index (Phi) is 4.25. The molecule has 1 heterocycles. The zero-order chi connectivity index (χ0) is 12.3. The van der Waals surface area contributed by atoms with Gasteiger partial charge in [0.25, 0.3) is 0 Å².